The minimum Gasteiger partial charge on any atom is -0.491 e. The van der Waals surface area contributed by atoms with Gasteiger partial charge in [-0.25, -0.2) is 0 Å². The molecule has 0 saturated heterocycles. The van der Waals surface area contributed by atoms with Crippen molar-refractivity contribution in [3.05, 3.63) is 34.9 Å². The van der Waals surface area contributed by atoms with Crippen LogP contribution in [0.1, 0.15) is 30.5 Å². The molecule has 0 saturated carbocycles. The van der Waals surface area contributed by atoms with Crippen LogP contribution in [0.3, 0.4) is 0 Å². The Morgan fingerprint density at radius 2 is 2.18 bits per heavy atom. The molecule has 0 spiro atoms. The summed E-state index contributed by atoms with van der Waals surface area (Å²) in [5.74, 6) is 0.879. The van der Waals surface area contributed by atoms with Crippen LogP contribution in [0.15, 0.2) is 23.2 Å². The Kier molecular flexibility index (Phi) is 3.53. The molecule has 1 aliphatic heterocycles. The number of hydrogen-bond donors (Lipinski definition) is 0. The zero-order valence-corrected chi connectivity index (χ0v) is 11.1. The van der Waals surface area contributed by atoms with E-state index in [4.69, 9.17) is 16.3 Å². The molecule has 0 N–H and O–H groups in total. The summed E-state index contributed by atoms with van der Waals surface area (Å²) in [6.07, 6.45) is 1.91. The molecule has 90 valence electrons. The van der Waals surface area contributed by atoms with Gasteiger partial charge in [-0.15, -0.1) is 0 Å². The van der Waals surface area contributed by atoms with Crippen LogP contribution in [0.5, 0.6) is 5.75 Å². The third kappa shape index (κ3) is 2.22. The summed E-state index contributed by atoms with van der Waals surface area (Å²) in [5, 5.41) is 0.749. The molecule has 3 heteroatoms. The van der Waals surface area contributed by atoms with E-state index in [0.29, 0.717) is 13.2 Å². The van der Waals surface area contributed by atoms with Gasteiger partial charge in [0, 0.05) is 21.9 Å². The molecule has 2 nitrogen and oxygen atoms in total. The highest BCUT2D eigenvalue weighted by Crippen LogP contribution is 2.34. The van der Waals surface area contributed by atoms with Crippen molar-refractivity contribution in [3.63, 3.8) is 0 Å². The smallest absolute Gasteiger partial charge is 0.129 e. The predicted molar refractivity (Wildman–Crippen MR) is 73.3 cm³/mol. The third-order valence-corrected chi connectivity index (χ3v) is 3.33. The molecule has 0 atom stereocenters. The van der Waals surface area contributed by atoms with Gasteiger partial charge in [0.2, 0.25) is 0 Å². The summed E-state index contributed by atoms with van der Waals surface area (Å²) < 4.78 is 5.71. The maximum Gasteiger partial charge on any atom is 0.129 e. The summed E-state index contributed by atoms with van der Waals surface area (Å²) >= 11 is 6.30. The number of aliphatic imine (C=N–C) groups is 1. The minimum absolute atomic E-state index is 0.625. The Morgan fingerprint density at radius 1 is 1.41 bits per heavy atom. The van der Waals surface area contributed by atoms with Crippen LogP contribution < -0.4 is 4.74 Å². The zero-order chi connectivity index (χ0) is 12.4. The monoisotopic (exact) mass is 249 g/mol. The highest BCUT2D eigenvalue weighted by molar-refractivity contribution is 6.49. The summed E-state index contributed by atoms with van der Waals surface area (Å²) in [4.78, 5) is 4.49. The Bertz CT molecular complexity index is 503. The van der Waals surface area contributed by atoms with E-state index >= 15 is 0 Å². The fourth-order valence-electron chi connectivity index (χ4n) is 2.07. The van der Waals surface area contributed by atoms with E-state index in [1.54, 1.807) is 0 Å². The van der Waals surface area contributed by atoms with Crippen molar-refractivity contribution < 1.29 is 4.74 Å². The molecule has 0 aromatic heterocycles. The van der Waals surface area contributed by atoms with E-state index < -0.39 is 0 Å². The van der Waals surface area contributed by atoms with Gasteiger partial charge in [-0.1, -0.05) is 23.7 Å². The number of halogens is 1. The van der Waals surface area contributed by atoms with Gasteiger partial charge in [-0.05, 0) is 32.4 Å². The van der Waals surface area contributed by atoms with Crippen molar-refractivity contribution >= 4 is 22.3 Å². The molecule has 1 aliphatic rings. The molecular formula is C14H16ClNO. The lowest BCUT2D eigenvalue weighted by atomic mass is 9.97. The maximum atomic E-state index is 6.30. The van der Waals surface area contributed by atoms with Gasteiger partial charge in [0.15, 0.2) is 0 Å². The number of aryl methyl sites for hydroxylation is 1. The summed E-state index contributed by atoms with van der Waals surface area (Å²) in [5.41, 5.74) is 4.21. The Morgan fingerprint density at radius 3 is 2.88 bits per heavy atom. The van der Waals surface area contributed by atoms with E-state index in [-0.39, 0.29) is 0 Å². The first kappa shape index (κ1) is 12.2. The number of allylic oxidation sites excluding steroid dienone is 1. The van der Waals surface area contributed by atoms with E-state index in [2.05, 4.69) is 11.9 Å². The van der Waals surface area contributed by atoms with Gasteiger partial charge in [0.05, 0.1) is 6.54 Å². The van der Waals surface area contributed by atoms with E-state index in [1.807, 2.05) is 32.1 Å². The van der Waals surface area contributed by atoms with Gasteiger partial charge >= 0.3 is 0 Å². The molecule has 1 aromatic carbocycles. The fourth-order valence-corrected chi connectivity index (χ4v) is 2.31. The van der Waals surface area contributed by atoms with Crippen LogP contribution in [0, 0.1) is 6.92 Å². The first-order valence-corrected chi connectivity index (χ1v) is 6.13. The Labute approximate surface area is 107 Å². The number of nitrogens with zero attached hydrogens (tertiary/aromatic N) is 1. The van der Waals surface area contributed by atoms with Gasteiger partial charge in [0.1, 0.15) is 12.4 Å². The van der Waals surface area contributed by atoms with Crippen LogP contribution in [0.2, 0.25) is 0 Å². The van der Waals surface area contributed by atoms with Gasteiger partial charge in [-0.3, -0.25) is 4.99 Å². The second-order valence-corrected chi connectivity index (χ2v) is 4.49. The standard InChI is InChI=1S/C14H16ClNO/c1-4-11(15)13-9(2)5-6-12-14(13)10(3)16-7-8-17-12/h4-6H,7-8H2,1-3H3/b11-4+. The molecule has 17 heavy (non-hydrogen) atoms. The SMILES string of the molecule is C/C=C(/Cl)c1c(C)ccc2c1C(C)=NCCO2. The van der Waals surface area contributed by atoms with Crippen molar-refractivity contribution in [3.8, 4) is 5.75 Å². The van der Waals surface area contributed by atoms with Gasteiger partial charge < -0.3 is 4.74 Å². The largest absolute Gasteiger partial charge is 0.491 e. The van der Waals surface area contributed by atoms with Crippen LogP contribution in [-0.4, -0.2) is 18.9 Å². The average Bonchev–Trinajstić information content (AvgIpc) is 2.51. The first-order valence-electron chi connectivity index (χ1n) is 5.75. The normalized spacial score (nSPS) is 15.8. The van der Waals surface area contributed by atoms with Crippen molar-refractivity contribution in [1.82, 2.24) is 0 Å². The summed E-state index contributed by atoms with van der Waals surface area (Å²) in [6, 6.07) is 4.04. The molecule has 0 aliphatic carbocycles. The van der Waals surface area contributed by atoms with E-state index in [1.165, 1.54) is 0 Å². The molecular weight excluding hydrogens is 234 g/mol. The highest BCUT2D eigenvalue weighted by Gasteiger charge is 2.18. The Balaban J connectivity index is 2.73. The maximum absolute atomic E-state index is 6.30. The molecule has 0 bridgehead atoms. The fraction of sp³-hybridized carbons (Fsp3) is 0.357. The molecule has 1 heterocycles. The van der Waals surface area contributed by atoms with Crippen molar-refractivity contribution in [2.75, 3.05) is 13.2 Å². The molecule has 0 radical (unpaired) electrons. The molecule has 0 amide bonds. The first-order chi connectivity index (χ1) is 8.15. The minimum atomic E-state index is 0.625. The van der Waals surface area contributed by atoms with Gasteiger partial charge in [-0.2, -0.15) is 0 Å². The van der Waals surface area contributed by atoms with E-state index in [9.17, 15) is 0 Å². The van der Waals surface area contributed by atoms with Gasteiger partial charge in [0.25, 0.3) is 0 Å². The molecule has 2 rings (SSSR count). The number of benzene rings is 1. The highest BCUT2D eigenvalue weighted by atomic mass is 35.5. The van der Waals surface area contributed by atoms with Crippen LogP contribution in [0.25, 0.3) is 5.03 Å². The molecule has 0 fully saturated rings. The van der Waals surface area contributed by atoms with E-state index in [0.717, 1.165) is 33.2 Å². The second kappa shape index (κ2) is 4.92. The zero-order valence-electron chi connectivity index (χ0n) is 10.4. The number of rotatable bonds is 1. The van der Waals surface area contributed by atoms with Crippen LogP contribution >= 0.6 is 11.6 Å². The number of fused-ring (bicyclic) bond motifs is 1. The predicted octanol–water partition coefficient (Wildman–Crippen LogP) is 3.80. The second-order valence-electron chi connectivity index (χ2n) is 4.08. The third-order valence-electron chi connectivity index (χ3n) is 2.93. The molecule has 0 unspecified atom stereocenters. The average molecular weight is 250 g/mol. The quantitative estimate of drug-likeness (QED) is 0.742. The van der Waals surface area contributed by atoms with Crippen LogP contribution in [-0.2, 0) is 0 Å². The lowest BCUT2D eigenvalue weighted by Gasteiger charge is -2.15. The Hall–Kier alpha value is -1.28. The topological polar surface area (TPSA) is 21.6 Å². The lowest BCUT2D eigenvalue weighted by molar-refractivity contribution is 0.331. The van der Waals surface area contributed by atoms with Crippen molar-refractivity contribution in [1.29, 1.82) is 0 Å². The van der Waals surface area contributed by atoms with Crippen molar-refractivity contribution in [2.24, 2.45) is 4.99 Å². The lowest BCUT2D eigenvalue weighted by Crippen LogP contribution is -2.03. The molecule has 1 aromatic rings. The summed E-state index contributed by atoms with van der Waals surface area (Å²) in [6.45, 7) is 7.33. The van der Waals surface area contributed by atoms with Crippen LogP contribution in [0.4, 0.5) is 0 Å². The summed E-state index contributed by atoms with van der Waals surface area (Å²) in [7, 11) is 0. The van der Waals surface area contributed by atoms with Crippen molar-refractivity contribution in [2.45, 2.75) is 20.8 Å². The number of ether oxygens (including phenoxy) is 1. The number of hydrogen-bond acceptors (Lipinski definition) is 2.